The lowest BCUT2D eigenvalue weighted by molar-refractivity contribution is -0.115. The van der Waals surface area contributed by atoms with Gasteiger partial charge in [0, 0.05) is 18.9 Å². The average molecular weight is 333 g/mol. The van der Waals surface area contributed by atoms with Gasteiger partial charge in [-0.3, -0.25) is 9.78 Å². The van der Waals surface area contributed by atoms with Crippen molar-refractivity contribution in [2.75, 3.05) is 10.6 Å². The number of carbonyl (C=O) groups excluding carboxylic acids is 1. The van der Waals surface area contributed by atoms with E-state index in [4.69, 9.17) is 0 Å². The van der Waals surface area contributed by atoms with E-state index in [0.29, 0.717) is 24.6 Å². The van der Waals surface area contributed by atoms with E-state index in [0.717, 1.165) is 16.7 Å². The van der Waals surface area contributed by atoms with Crippen LogP contribution in [0.25, 0.3) is 0 Å². The third kappa shape index (κ3) is 4.84. The Hall–Kier alpha value is -3.28. The molecule has 0 unspecified atom stereocenters. The van der Waals surface area contributed by atoms with Gasteiger partial charge in [0.25, 0.3) is 0 Å². The van der Waals surface area contributed by atoms with E-state index in [-0.39, 0.29) is 5.91 Å². The van der Waals surface area contributed by atoms with Crippen molar-refractivity contribution in [2.24, 2.45) is 0 Å². The van der Waals surface area contributed by atoms with Crippen LogP contribution in [-0.2, 0) is 17.8 Å². The summed E-state index contributed by atoms with van der Waals surface area (Å²) in [5.74, 6) is 0.964. The Bertz CT molecular complexity index is 834. The zero-order valence-corrected chi connectivity index (χ0v) is 13.9. The zero-order valence-electron chi connectivity index (χ0n) is 13.9. The van der Waals surface area contributed by atoms with Crippen molar-refractivity contribution in [3.05, 3.63) is 77.6 Å². The van der Waals surface area contributed by atoms with Crippen LogP contribution in [0.2, 0.25) is 0 Å². The van der Waals surface area contributed by atoms with Crippen molar-refractivity contribution < 1.29 is 4.79 Å². The second-order valence-electron chi connectivity index (χ2n) is 5.67. The molecule has 126 valence electrons. The first-order valence-corrected chi connectivity index (χ1v) is 8.01. The molecule has 3 aromatic rings. The van der Waals surface area contributed by atoms with Crippen LogP contribution in [0, 0.1) is 6.92 Å². The molecule has 0 fully saturated rings. The number of aryl methyl sites for hydroxylation is 1. The second kappa shape index (κ2) is 8.01. The Morgan fingerprint density at radius 2 is 1.80 bits per heavy atom. The molecule has 0 atom stereocenters. The summed E-state index contributed by atoms with van der Waals surface area (Å²) in [6.45, 7) is 2.60. The molecule has 0 aliphatic rings. The van der Waals surface area contributed by atoms with E-state index in [1.54, 1.807) is 24.5 Å². The van der Waals surface area contributed by atoms with Gasteiger partial charge < -0.3 is 10.6 Å². The number of anilines is 2. The van der Waals surface area contributed by atoms with Gasteiger partial charge in [0.2, 0.25) is 5.91 Å². The molecule has 0 saturated heterocycles. The number of hydrogen-bond acceptors (Lipinski definition) is 5. The van der Waals surface area contributed by atoms with Crippen LogP contribution in [0.5, 0.6) is 0 Å². The molecule has 0 radical (unpaired) electrons. The van der Waals surface area contributed by atoms with Crippen molar-refractivity contribution in [2.45, 2.75) is 19.9 Å². The lowest BCUT2D eigenvalue weighted by Crippen LogP contribution is -2.16. The molecule has 1 amide bonds. The van der Waals surface area contributed by atoms with Crippen LogP contribution in [-0.4, -0.2) is 21.1 Å². The Kier molecular flexibility index (Phi) is 5.31. The second-order valence-corrected chi connectivity index (χ2v) is 5.67. The van der Waals surface area contributed by atoms with Gasteiger partial charge >= 0.3 is 0 Å². The van der Waals surface area contributed by atoms with Crippen LogP contribution in [0.3, 0.4) is 0 Å². The quantitative estimate of drug-likeness (QED) is 0.725. The molecule has 6 nitrogen and oxygen atoms in total. The number of rotatable bonds is 6. The fourth-order valence-corrected chi connectivity index (χ4v) is 2.36. The van der Waals surface area contributed by atoms with Crippen LogP contribution in [0.15, 0.2) is 60.9 Å². The minimum atomic E-state index is -0.111. The van der Waals surface area contributed by atoms with E-state index in [1.807, 2.05) is 43.3 Å². The van der Waals surface area contributed by atoms with Crippen molar-refractivity contribution in [1.29, 1.82) is 0 Å². The van der Waals surface area contributed by atoms with Crippen molar-refractivity contribution in [3.8, 4) is 0 Å². The molecule has 0 spiro atoms. The number of aromatic nitrogens is 3. The molecule has 25 heavy (non-hydrogen) atoms. The average Bonchev–Trinajstić information content (AvgIpc) is 2.64. The summed E-state index contributed by atoms with van der Waals surface area (Å²) in [7, 11) is 0. The summed E-state index contributed by atoms with van der Waals surface area (Å²) in [6, 6.07) is 15.2. The van der Waals surface area contributed by atoms with Gasteiger partial charge in [-0.05, 0) is 41.8 Å². The van der Waals surface area contributed by atoms with Gasteiger partial charge in [0.05, 0.1) is 6.42 Å². The number of nitrogens with zero attached hydrogens (tertiary/aromatic N) is 3. The van der Waals surface area contributed by atoms with Gasteiger partial charge in [0.1, 0.15) is 5.82 Å². The maximum absolute atomic E-state index is 12.1. The Morgan fingerprint density at radius 3 is 2.52 bits per heavy atom. The van der Waals surface area contributed by atoms with Crippen molar-refractivity contribution >= 4 is 17.5 Å². The first-order chi connectivity index (χ1) is 12.2. The summed E-state index contributed by atoms with van der Waals surface area (Å²) < 4.78 is 0. The highest BCUT2D eigenvalue weighted by Gasteiger charge is 2.07. The molecule has 0 saturated carbocycles. The summed E-state index contributed by atoms with van der Waals surface area (Å²) >= 11 is 0. The number of carbonyl (C=O) groups is 1. The van der Waals surface area contributed by atoms with Gasteiger partial charge in [-0.25, -0.2) is 0 Å². The lowest BCUT2D eigenvalue weighted by atomic mass is 10.1. The minimum Gasteiger partial charge on any atom is -0.364 e. The van der Waals surface area contributed by atoms with Crippen molar-refractivity contribution in [1.82, 2.24) is 15.2 Å². The topological polar surface area (TPSA) is 79.8 Å². The predicted octanol–water partition coefficient (Wildman–Crippen LogP) is 2.97. The summed E-state index contributed by atoms with van der Waals surface area (Å²) in [5, 5.41) is 14.0. The molecule has 0 bridgehead atoms. The van der Waals surface area contributed by atoms with E-state index >= 15 is 0 Å². The van der Waals surface area contributed by atoms with E-state index in [9.17, 15) is 4.79 Å². The molecular formula is C19H19N5O. The Balaban J connectivity index is 1.53. The van der Waals surface area contributed by atoms with E-state index in [2.05, 4.69) is 25.8 Å². The predicted molar refractivity (Wildman–Crippen MR) is 97.1 cm³/mol. The Morgan fingerprint density at radius 1 is 1.00 bits per heavy atom. The Labute approximate surface area is 146 Å². The molecule has 2 N–H and O–H groups in total. The van der Waals surface area contributed by atoms with E-state index < -0.39 is 0 Å². The van der Waals surface area contributed by atoms with Crippen LogP contribution in [0.4, 0.5) is 11.6 Å². The normalized spacial score (nSPS) is 10.3. The maximum Gasteiger partial charge on any atom is 0.230 e. The summed E-state index contributed by atoms with van der Waals surface area (Å²) in [5.41, 5.74) is 3.15. The minimum absolute atomic E-state index is 0.111. The smallest absolute Gasteiger partial charge is 0.230 e. The first kappa shape index (κ1) is 16.6. The molecule has 6 heteroatoms. The molecule has 0 aliphatic heterocycles. The molecule has 1 aromatic carbocycles. The lowest BCUT2D eigenvalue weighted by Gasteiger charge is -2.08. The van der Waals surface area contributed by atoms with E-state index in [1.165, 1.54) is 0 Å². The molecule has 3 rings (SSSR count). The molecular weight excluding hydrogens is 314 g/mol. The van der Waals surface area contributed by atoms with Crippen LogP contribution < -0.4 is 10.6 Å². The molecule has 2 heterocycles. The highest BCUT2D eigenvalue weighted by Crippen LogP contribution is 2.11. The fourth-order valence-electron chi connectivity index (χ4n) is 2.36. The number of nitrogens with one attached hydrogen (secondary N) is 2. The summed E-state index contributed by atoms with van der Waals surface area (Å²) in [6.07, 6.45) is 3.84. The number of benzene rings is 1. The van der Waals surface area contributed by atoms with Crippen LogP contribution >= 0.6 is 0 Å². The van der Waals surface area contributed by atoms with Gasteiger partial charge in [-0.15, -0.1) is 10.2 Å². The fraction of sp³-hybridized carbons (Fsp3) is 0.158. The number of hydrogen-bond donors (Lipinski definition) is 2. The van der Waals surface area contributed by atoms with Gasteiger partial charge in [-0.2, -0.15) is 0 Å². The standard InChI is InChI=1S/C19H19N5O/c1-14-5-2-3-7-16(14)11-19(25)22-18-9-8-17(23-24-18)21-13-15-6-4-10-20-12-15/h2-10,12H,11,13H2,1H3,(H,21,23)(H,22,24,25). The largest absolute Gasteiger partial charge is 0.364 e. The summed E-state index contributed by atoms with van der Waals surface area (Å²) in [4.78, 5) is 16.2. The first-order valence-electron chi connectivity index (χ1n) is 8.01. The monoisotopic (exact) mass is 333 g/mol. The number of amides is 1. The maximum atomic E-state index is 12.1. The van der Waals surface area contributed by atoms with Crippen LogP contribution in [0.1, 0.15) is 16.7 Å². The SMILES string of the molecule is Cc1ccccc1CC(=O)Nc1ccc(NCc2cccnc2)nn1. The molecule has 2 aromatic heterocycles. The highest BCUT2D eigenvalue weighted by atomic mass is 16.1. The van der Waals surface area contributed by atoms with Gasteiger partial charge in [0.15, 0.2) is 5.82 Å². The van der Waals surface area contributed by atoms with Gasteiger partial charge in [-0.1, -0.05) is 30.3 Å². The zero-order chi connectivity index (χ0) is 17.5. The third-order valence-corrected chi connectivity index (χ3v) is 3.74. The third-order valence-electron chi connectivity index (χ3n) is 3.74. The highest BCUT2D eigenvalue weighted by molar-refractivity contribution is 5.91. The van der Waals surface area contributed by atoms with Crippen molar-refractivity contribution in [3.63, 3.8) is 0 Å². The molecule has 0 aliphatic carbocycles. The number of pyridine rings is 1.